The highest BCUT2D eigenvalue weighted by Gasteiger charge is 2.16. The van der Waals surface area contributed by atoms with Gasteiger partial charge in [-0.25, -0.2) is 4.39 Å². The summed E-state index contributed by atoms with van der Waals surface area (Å²) in [6, 6.07) is 10.3. The zero-order valence-corrected chi connectivity index (χ0v) is 12.8. The van der Waals surface area contributed by atoms with E-state index < -0.39 is 24.2 Å². The first-order valence-electron chi connectivity index (χ1n) is 6.35. The van der Waals surface area contributed by atoms with Gasteiger partial charge in [0.05, 0.1) is 12.0 Å². The molecule has 0 spiro atoms. The van der Waals surface area contributed by atoms with Crippen molar-refractivity contribution in [1.29, 1.82) is 0 Å². The first-order chi connectivity index (χ1) is 10.5. The average molecular weight is 341 g/mol. The third kappa shape index (κ3) is 4.06. The minimum absolute atomic E-state index is 0.119. The van der Waals surface area contributed by atoms with Crippen LogP contribution in [-0.2, 0) is 16.0 Å². The molecule has 2 aromatic rings. The van der Waals surface area contributed by atoms with E-state index >= 15 is 0 Å². The van der Waals surface area contributed by atoms with Crippen LogP contribution in [0.25, 0.3) is 0 Å². The maximum absolute atomic E-state index is 13.4. The van der Waals surface area contributed by atoms with Gasteiger partial charge in [-0.3, -0.25) is 9.59 Å². The molecule has 0 aromatic heterocycles. The molecule has 3 nitrogen and oxygen atoms in total. The van der Waals surface area contributed by atoms with Gasteiger partial charge in [-0.15, -0.1) is 0 Å². The summed E-state index contributed by atoms with van der Waals surface area (Å²) < 4.78 is 18.3. The van der Waals surface area contributed by atoms with Crippen LogP contribution in [-0.4, -0.2) is 18.4 Å². The number of carbonyl (C=O) groups is 2. The molecular weight excluding hydrogens is 330 g/mol. The summed E-state index contributed by atoms with van der Waals surface area (Å²) >= 11 is 11.9. The van der Waals surface area contributed by atoms with E-state index in [4.69, 9.17) is 27.9 Å². The summed E-state index contributed by atoms with van der Waals surface area (Å²) in [6.45, 7) is -0.540. The van der Waals surface area contributed by atoms with Crippen LogP contribution in [0.5, 0.6) is 0 Å². The van der Waals surface area contributed by atoms with Crippen molar-refractivity contribution >= 4 is 35.0 Å². The van der Waals surface area contributed by atoms with Gasteiger partial charge in [0.15, 0.2) is 6.61 Å². The van der Waals surface area contributed by atoms with Crippen molar-refractivity contribution in [3.05, 3.63) is 69.5 Å². The third-order valence-electron chi connectivity index (χ3n) is 2.92. The second kappa shape index (κ2) is 7.38. The van der Waals surface area contributed by atoms with E-state index in [1.54, 1.807) is 18.2 Å². The highest BCUT2D eigenvalue weighted by atomic mass is 35.5. The highest BCUT2D eigenvalue weighted by molar-refractivity contribution is 6.36. The molecule has 2 rings (SSSR count). The summed E-state index contributed by atoms with van der Waals surface area (Å²) in [7, 11) is 0. The van der Waals surface area contributed by atoms with Gasteiger partial charge in [0.25, 0.3) is 0 Å². The van der Waals surface area contributed by atoms with E-state index in [1.807, 2.05) is 0 Å². The molecule has 0 heterocycles. The number of ether oxygens (including phenoxy) is 1. The number of rotatable bonds is 5. The maximum Gasteiger partial charge on any atom is 0.310 e. The summed E-state index contributed by atoms with van der Waals surface area (Å²) in [5.41, 5.74) is 0.306. The number of benzene rings is 2. The van der Waals surface area contributed by atoms with E-state index in [0.29, 0.717) is 15.6 Å². The number of hydrogen-bond donors (Lipinski definition) is 0. The Kier molecular flexibility index (Phi) is 5.52. The Morgan fingerprint density at radius 2 is 1.64 bits per heavy atom. The quantitative estimate of drug-likeness (QED) is 0.607. The number of Topliss-reactive ketones (excluding diaryl/α,β-unsaturated/α-hetero) is 1. The predicted molar refractivity (Wildman–Crippen MR) is 81.9 cm³/mol. The van der Waals surface area contributed by atoms with Crippen molar-refractivity contribution in [2.45, 2.75) is 6.42 Å². The van der Waals surface area contributed by atoms with Crippen LogP contribution in [0.15, 0.2) is 42.5 Å². The minimum atomic E-state index is -0.667. The van der Waals surface area contributed by atoms with Gasteiger partial charge in [0, 0.05) is 15.6 Å². The van der Waals surface area contributed by atoms with Crippen molar-refractivity contribution < 1.29 is 18.7 Å². The van der Waals surface area contributed by atoms with E-state index in [1.165, 1.54) is 24.3 Å². The second-order valence-electron chi connectivity index (χ2n) is 4.44. The van der Waals surface area contributed by atoms with Gasteiger partial charge < -0.3 is 4.74 Å². The van der Waals surface area contributed by atoms with Gasteiger partial charge in [-0.05, 0) is 24.3 Å². The van der Waals surface area contributed by atoms with Crippen LogP contribution in [0.2, 0.25) is 10.0 Å². The molecule has 0 atom stereocenters. The molecule has 0 bridgehead atoms. The zero-order chi connectivity index (χ0) is 16.1. The van der Waals surface area contributed by atoms with Crippen molar-refractivity contribution in [3.63, 3.8) is 0 Å². The Morgan fingerprint density at radius 3 is 2.27 bits per heavy atom. The fourth-order valence-electron chi connectivity index (χ4n) is 1.81. The van der Waals surface area contributed by atoms with E-state index in [9.17, 15) is 14.0 Å². The fraction of sp³-hybridized carbons (Fsp3) is 0.125. The Hall–Kier alpha value is -1.91. The maximum atomic E-state index is 13.4. The topological polar surface area (TPSA) is 43.4 Å². The molecule has 114 valence electrons. The molecule has 0 aliphatic carbocycles. The molecular formula is C16H11Cl2FO3. The fourth-order valence-corrected chi connectivity index (χ4v) is 2.34. The molecule has 0 saturated heterocycles. The first-order valence-corrected chi connectivity index (χ1v) is 7.11. The number of ketones is 1. The van der Waals surface area contributed by atoms with Gasteiger partial charge in [-0.1, -0.05) is 41.4 Å². The van der Waals surface area contributed by atoms with E-state index in [-0.39, 0.29) is 12.0 Å². The van der Waals surface area contributed by atoms with Gasteiger partial charge >= 0.3 is 5.97 Å². The highest BCUT2D eigenvalue weighted by Crippen LogP contribution is 2.24. The molecule has 0 radical (unpaired) electrons. The van der Waals surface area contributed by atoms with E-state index in [2.05, 4.69) is 0 Å². The van der Waals surface area contributed by atoms with Crippen molar-refractivity contribution in [1.82, 2.24) is 0 Å². The Morgan fingerprint density at radius 1 is 1.00 bits per heavy atom. The Balaban J connectivity index is 1.96. The molecule has 0 aliphatic rings. The molecule has 0 aliphatic heterocycles. The normalized spacial score (nSPS) is 10.3. The van der Waals surface area contributed by atoms with Crippen LogP contribution in [0.1, 0.15) is 15.9 Å². The van der Waals surface area contributed by atoms with Crippen molar-refractivity contribution in [2.24, 2.45) is 0 Å². The molecule has 0 amide bonds. The molecule has 6 heteroatoms. The lowest BCUT2D eigenvalue weighted by Gasteiger charge is -2.07. The summed E-state index contributed by atoms with van der Waals surface area (Å²) in [5, 5.41) is 0.676. The first kappa shape index (κ1) is 16.5. The summed E-state index contributed by atoms with van der Waals surface area (Å²) in [6.07, 6.45) is -0.164. The smallest absolute Gasteiger partial charge is 0.310 e. The number of halogens is 3. The Bertz CT molecular complexity index is 696. The minimum Gasteiger partial charge on any atom is -0.457 e. The van der Waals surface area contributed by atoms with E-state index in [0.717, 1.165) is 0 Å². The standard InChI is InChI=1S/C16H11Cl2FO3/c17-12-5-3-6-13(18)11(12)8-16(21)22-9-15(20)10-4-1-2-7-14(10)19/h1-7H,8-9H2. The van der Waals surface area contributed by atoms with Crippen LogP contribution in [0.3, 0.4) is 0 Å². The molecule has 22 heavy (non-hydrogen) atoms. The summed E-state index contributed by atoms with van der Waals surface area (Å²) in [4.78, 5) is 23.5. The second-order valence-corrected chi connectivity index (χ2v) is 5.26. The zero-order valence-electron chi connectivity index (χ0n) is 11.3. The van der Waals surface area contributed by atoms with Crippen LogP contribution < -0.4 is 0 Å². The largest absolute Gasteiger partial charge is 0.457 e. The van der Waals surface area contributed by atoms with Gasteiger partial charge in [-0.2, -0.15) is 0 Å². The lowest BCUT2D eigenvalue weighted by molar-refractivity contribution is -0.141. The molecule has 0 unspecified atom stereocenters. The molecule has 2 aromatic carbocycles. The molecule has 0 N–H and O–H groups in total. The van der Waals surface area contributed by atoms with Crippen molar-refractivity contribution in [3.8, 4) is 0 Å². The molecule has 0 saturated carbocycles. The number of esters is 1. The average Bonchev–Trinajstić information content (AvgIpc) is 2.49. The third-order valence-corrected chi connectivity index (χ3v) is 3.63. The predicted octanol–water partition coefficient (Wildman–Crippen LogP) is 4.10. The number of hydrogen-bond acceptors (Lipinski definition) is 3. The molecule has 0 fully saturated rings. The SMILES string of the molecule is O=C(Cc1c(Cl)cccc1Cl)OCC(=O)c1ccccc1F. The Labute approximate surface area is 136 Å². The monoisotopic (exact) mass is 340 g/mol. The van der Waals surface area contributed by atoms with Crippen LogP contribution in [0, 0.1) is 5.82 Å². The van der Waals surface area contributed by atoms with Gasteiger partial charge in [0.1, 0.15) is 5.82 Å². The van der Waals surface area contributed by atoms with Crippen molar-refractivity contribution in [2.75, 3.05) is 6.61 Å². The van der Waals surface area contributed by atoms with Gasteiger partial charge in [0.2, 0.25) is 5.78 Å². The summed E-state index contributed by atoms with van der Waals surface area (Å²) in [5.74, 6) is -1.94. The number of carbonyl (C=O) groups excluding carboxylic acids is 2. The lowest BCUT2D eigenvalue weighted by Crippen LogP contribution is -2.16. The van der Waals surface area contributed by atoms with Crippen LogP contribution in [0.4, 0.5) is 4.39 Å². The van der Waals surface area contributed by atoms with Crippen LogP contribution >= 0.6 is 23.2 Å². The lowest BCUT2D eigenvalue weighted by atomic mass is 10.1.